The monoisotopic (exact) mass is 461 g/mol. The number of hydrogen-bond donors (Lipinski definition) is 2. The number of aliphatic carboxylic acids is 1. The molecule has 3 aromatic rings. The van der Waals surface area contributed by atoms with Crippen LogP contribution >= 0.6 is 11.6 Å². The number of fused-ring (bicyclic) bond motifs is 1. The molecule has 1 atom stereocenters. The summed E-state index contributed by atoms with van der Waals surface area (Å²) in [5.41, 5.74) is 0.506. The SMILES string of the molecule is Cc1c([C@H](CC2CCCC2)C(=O)O)c2c(F)c(O)ccc2n1C(=O)c1ccc(Cl)c(F)c1. The molecule has 4 rings (SSSR count). The van der Waals surface area contributed by atoms with E-state index in [9.17, 15) is 24.2 Å². The third-order valence-corrected chi connectivity index (χ3v) is 6.70. The standard InChI is InChI=1S/C24H22ClF2NO4/c1-12-20(15(24(31)32)10-13-4-2-3-5-13)21-18(8-9-19(29)22(21)27)28(12)23(30)14-6-7-16(25)17(26)11-14/h6-9,11,13,15,29H,2-5,10H2,1H3,(H,31,32)/t15-/m0/s1. The Morgan fingerprint density at radius 3 is 2.50 bits per heavy atom. The predicted octanol–water partition coefficient (Wildman–Crippen LogP) is 6.02. The van der Waals surface area contributed by atoms with E-state index in [1.807, 2.05) is 0 Å². The number of aromatic hydroxyl groups is 1. The Kier molecular flexibility index (Phi) is 5.95. The number of phenols is 1. The summed E-state index contributed by atoms with van der Waals surface area (Å²) in [4.78, 5) is 25.6. The number of hydrogen-bond acceptors (Lipinski definition) is 3. The number of carbonyl (C=O) groups is 2. The van der Waals surface area contributed by atoms with E-state index in [0.717, 1.165) is 37.8 Å². The molecule has 32 heavy (non-hydrogen) atoms. The molecule has 1 aliphatic rings. The first-order valence-electron chi connectivity index (χ1n) is 10.5. The van der Waals surface area contributed by atoms with Crippen molar-refractivity contribution in [1.82, 2.24) is 4.57 Å². The van der Waals surface area contributed by atoms with Crippen LogP contribution in [0.3, 0.4) is 0 Å². The van der Waals surface area contributed by atoms with E-state index >= 15 is 4.39 Å². The molecular weight excluding hydrogens is 440 g/mol. The maximum Gasteiger partial charge on any atom is 0.311 e. The molecule has 1 aromatic heterocycles. The van der Waals surface area contributed by atoms with Crippen molar-refractivity contribution in [2.45, 2.75) is 44.9 Å². The van der Waals surface area contributed by atoms with Crippen LogP contribution < -0.4 is 0 Å². The van der Waals surface area contributed by atoms with Gasteiger partial charge in [0.15, 0.2) is 11.6 Å². The molecule has 8 heteroatoms. The molecule has 5 nitrogen and oxygen atoms in total. The molecule has 1 heterocycles. The summed E-state index contributed by atoms with van der Waals surface area (Å²) in [7, 11) is 0. The number of halogens is 3. The molecular formula is C24H22ClF2NO4. The largest absolute Gasteiger partial charge is 0.505 e. The van der Waals surface area contributed by atoms with Crippen LogP contribution in [0.25, 0.3) is 10.9 Å². The van der Waals surface area contributed by atoms with Gasteiger partial charge in [0.05, 0.1) is 16.5 Å². The molecule has 2 aromatic carbocycles. The zero-order valence-corrected chi connectivity index (χ0v) is 18.1. The summed E-state index contributed by atoms with van der Waals surface area (Å²) >= 11 is 5.72. The number of carboxylic acid groups (broad SMARTS) is 1. The Morgan fingerprint density at radius 2 is 1.88 bits per heavy atom. The van der Waals surface area contributed by atoms with Crippen LogP contribution in [0, 0.1) is 24.5 Å². The number of aromatic nitrogens is 1. The van der Waals surface area contributed by atoms with Gasteiger partial charge < -0.3 is 10.2 Å². The number of nitrogens with zero attached hydrogens (tertiary/aromatic N) is 1. The van der Waals surface area contributed by atoms with Gasteiger partial charge in [-0.2, -0.15) is 0 Å². The van der Waals surface area contributed by atoms with E-state index in [2.05, 4.69) is 0 Å². The van der Waals surface area contributed by atoms with Gasteiger partial charge in [0, 0.05) is 16.6 Å². The second-order valence-corrected chi connectivity index (χ2v) is 8.75. The van der Waals surface area contributed by atoms with Crippen molar-refractivity contribution in [3.8, 4) is 5.75 Å². The third-order valence-electron chi connectivity index (χ3n) is 6.40. The first kappa shape index (κ1) is 22.3. The van der Waals surface area contributed by atoms with Crippen LogP contribution in [0.2, 0.25) is 5.02 Å². The summed E-state index contributed by atoms with van der Waals surface area (Å²) in [5.74, 6) is -5.02. The van der Waals surface area contributed by atoms with Crippen molar-refractivity contribution < 1.29 is 28.6 Å². The van der Waals surface area contributed by atoms with E-state index in [1.165, 1.54) is 22.8 Å². The third kappa shape index (κ3) is 3.75. The number of carbonyl (C=O) groups excluding carboxylic acids is 1. The van der Waals surface area contributed by atoms with Crippen LogP contribution in [0.15, 0.2) is 30.3 Å². The fourth-order valence-electron chi connectivity index (χ4n) is 4.85. The molecule has 0 spiro atoms. The van der Waals surface area contributed by atoms with E-state index < -0.39 is 35.2 Å². The summed E-state index contributed by atoms with van der Waals surface area (Å²) < 4.78 is 30.3. The molecule has 2 N–H and O–H groups in total. The van der Waals surface area contributed by atoms with Crippen molar-refractivity contribution in [3.63, 3.8) is 0 Å². The summed E-state index contributed by atoms with van der Waals surface area (Å²) in [6.45, 7) is 1.54. The Morgan fingerprint density at radius 1 is 1.19 bits per heavy atom. The van der Waals surface area contributed by atoms with Crippen LogP contribution in [-0.4, -0.2) is 26.7 Å². The molecule has 0 aliphatic heterocycles. The number of carboxylic acids is 1. The maximum absolute atomic E-state index is 15.1. The molecule has 1 aliphatic carbocycles. The quantitative estimate of drug-likeness (QED) is 0.486. The second-order valence-electron chi connectivity index (χ2n) is 8.34. The van der Waals surface area contributed by atoms with Gasteiger partial charge in [0.1, 0.15) is 5.82 Å². The van der Waals surface area contributed by atoms with Crippen molar-refractivity contribution in [3.05, 3.63) is 63.8 Å². The lowest BCUT2D eigenvalue weighted by atomic mass is 9.86. The number of benzene rings is 2. The highest BCUT2D eigenvalue weighted by Crippen LogP contribution is 2.42. The Balaban J connectivity index is 1.94. The van der Waals surface area contributed by atoms with Crippen LogP contribution in [0.4, 0.5) is 8.78 Å². The van der Waals surface area contributed by atoms with Gasteiger partial charge in [-0.15, -0.1) is 0 Å². The van der Waals surface area contributed by atoms with Crippen molar-refractivity contribution in [2.24, 2.45) is 5.92 Å². The normalized spacial score (nSPS) is 15.4. The van der Waals surface area contributed by atoms with Crippen LogP contribution in [0.5, 0.6) is 5.75 Å². The topological polar surface area (TPSA) is 79.5 Å². The number of phenolic OH excluding ortho intramolecular Hbond substituents is 1. The van der Waals surface area contributed by atoms with Gasteiger partial charge in [-0.05, 0) is 55.2 Å². The molecule has 1 fully saturated rings. The minimum atomic E-state index is -1.12. The van der Waals surface area contributed by atoms with Crippen molar-refractivity contribution >= 4 is 34.4 Å². The van der Waals surface area contributed by atoms with E-state index in [1.54, 1.807) is 6.92 Å². The molecule has 168 valence electrons. The van der Waals surface area contributed by atoms with Gasteiger partial charge in [0.2, 0.25) is 0 Å². The average Bonchev–Trinajstić information content (AvgIpc) is 3.36. The lowest BCUT2D eigenvalue weighted by Gasteiger charge is -2.18. The van der Waals surface area contributed by atoms with Gasteiger partial charge in [0.25, 0.3) is 5.91 Å². The smallest absolute Gasteiger partial charge is 0.311 e. The molecule has 0 bridgehead atoms. The molecule has 0 amide bonds. The molecule has 1 saturated carbocycles. The summed E-state index contributed by atoms with van der Waals surface area (Å²) in [6, 6.07) is 6.06. The van der Waals surface area contributed by atoms with Gasteiger partial charge in [-0.3, -0.25) is 14.2 Å². The summed E-state index contributed by atoms with van der Waals surface area (Å²) in [5, 5.41) is 19.8. The maximum atomic E-state index is 15.1. The zero-order valence-electron chi connectivity index (χ0n) is 17.4. The first-order valence-corrected chi connectivity index (χ1v) is 10.8. The Bertz CT molecular complexity index is 1230. The van der Waals surface area contributed by atoms with Gasteiger partial charge in [-0.1, -0.05) is 37.3 Å². The highest BCUT2D eigenvalue weighted by Gasteiger charge is 2.34. The van der Waals surface area contributed by atoms with E-state index in [0.29, 0.717) is 6.42 Å². The minimum absolute atomic E-state index is 0.0189. The average molecular weight is 462 g/mol. The lowest BCUT2D eigenvalue weighted by Crippen LogP contribution is -2.18. The Hall–Kier alpha value is -2.93. The fraction of sp³-hybridized carbons (Fsp3) is 0.333. The Labute approximate surface area is 188 Å². The van der Waals surface area contributed by atoms with Crippen molar-refractivity contribution in [1.29, 1.82) is 0 Å². The minimum Gasteiger partial charge on any atom is -0.505 e. The first-order chi connectivity index (χ1) is 15.2. The summed E-state index contributed by atoms with van der Waals surface area (Å²) in [6.07, 6.45) is 4.16. The van der Waals surface area contributed by atoms with Gasteiger partial charge >= 0.3 is 5.97 Å². The van der Waals surface area contributed by atoms with Crippen LogP contribution in [-0.2, 0) is 4.79 Å². The van der Waals surface area contributed by atoms with E-state index in [-0.39, 0.29) is 38.7 Å². The lowest BCUT2D eigenvalue weighted by molar-refractivity contribution is -0.139. The van der Waals surface area contributed by atoms with Gasteiger partial charge in [-0.25, -0.2) is 8.78 Å². The zero-order chi connectivity index (χ0) is 23.2. The molecule has 0 saturated heterocycles. The molecule has 0 radical (unpaired) electrons. The van der Waals surface area contributed by atoms with Crippen molar-refractivity contribution in [2.75, 3.05) is 0 Å². The van der Waals surface area contributed by atoms with Crippen LogP contribution in [0.1, 0.15) is 59.6 Å². The fourth-order valence-corrected chi connectivity index (χ4v) is 4.96. The highest BCUT2D eigenvalue weighted by atomic mass is 35.5. The van der Waals surface area contributed by atoms with E-state index in [4.69, 9.17) is 11.6 Å². The predicted molar refractivity (Wildman–Crippen MR) is 116 cm³/mol. The highest BCUT2D eigenvalue weighted by molar-refractivity contribution is 6.30. The second kappa shape index (κ2) is 8.54. The number of rotatable bonds is 5. The molecule has 0 unspecified atom stereocenters.